The fourth-order valence-electron chi connectivity index (χ4n) is 2.36. The van der Waals surface area contributed by atoms with Crippen molar-refractivity contribution in [3.63, 3.8) is 0 Å². The van der Waals surface area contributed by atoms with Gasteiger partial charge >= 0.3 is 0 Å². The average molecular weight is 304 g/mol. The molecule has 21 heavy (non-hydrogen) atoms. The fraction of sp³-hybridized carbons (Fsp3) is 0.500. The van der Waals surface area contributed by atoms with Crippen LogP contribution < -0.4 is 5.32 Å². The minimum Gasteiger partial charge on any atom is -0.312 e. The zero-order valence-electron chi connectivity index (χ0n) is 13.4. The molecule has 1 N–H and O–H groups in total. The van der Waals surface area contributed by atoms with E-state index in [4.69, 9.17) is 0 Å². The summed E-state index contributed by atoms with van der Waals surface area (Å²) in [5, 5.41) is 13.1. The van der Waals surface area contributed by atoms with Gasteiger partial charge in [-0.3, -0.25) is 0 Å². The SMILES string of the molecule is CCc1ccc(C(NC)C(C)Sc2nnc(C)n2C)cc1. The number of aryl methyl sites for hydroxylation is 2. The molecule has 1 aromatic heterocycles. The molecule has 114 valence electrons. The molecule has 0 fully saturated rings. The highest BCUT2D eigenvalue weighted by Crippen LogP contribution is 2.31. The third kappa shape index (κ3) is 3.66. The Morgan fingerprint density at radius 3 is 2.38 bits per heavy atom. The lowest BCUT2D eigenvalue weighted by atomic mass is 10.0. The van der Waals surface area contributed by atoms with E-state index in [9.17, 15) is 0 Å². The minimum absolute atomic E-state index is 0.290. The quantitative estimate of drug-likeness (QED) is 0.833. The summed E-state index contributed by atoms with van der Waals surface area (Å²) in [7, 11) is 4.02. The number of rotatable bonds is 6. The summed E-state index contributed by atoms with van der Waals surface area (Å²) in [6, 6.07) is 9.16. The average Bonchev–Trinajstić information content (AvgIpc) is 2.81. The first-order chi connectivity index (χ1) is 10.1. The van der Waals surface area contributed by atoms with Gasteiger partial charge in [-0.25, -0.2) is 0 Å². The van der Waals surface area contributed by atoms with Crippen molar-refractivity contribution >= 4 is 11.8 Å². The van der Waals surface area contributed by atoms with Crippen LogP contribution in [-0.2, 0) is 13.5 Å². The van der Waals surface area contributed by atoms with Gasteiger partial charge in [-0.1, -0.05) is 49.9 Å². The van der Waals surface area contributed by atoms with Crippen LogP contribution in [0, 0.1) is 6.92 Å². The molecule has 0 saturated heterocycles. The van der Waals surface area contributed by atoms with Crippen LogP contribution in [0.15, 0.2) is 29.4 Å². The second-order valence-electron chi connectivity index (χ2n) is 5.27. The highest BCUT2D eigenvalue weighted by Gasteiger charge is 2.21. The molecule has 0 bridgehead atoms. The Hall–Kier alpha value is -1.33. The summed E-state index contributed by atoms with van der Waals surface area (Å²) < 4.78 is 2.04. The summed E-state index contributed by atoms with van der Waals surface area (Å²) in [6.07, 6.45) is 1.08. The van der Waals surface area contributed by atoms with Gasteiger partial charge in [0.1, 0.15) is 5.82 Å². The van der Waals surface area contributed by atoms with Crippen molar-refractivity contribution in [3.05, 3.63) is 41.2 Å². The first kappa shape index (κ1) is 16.0. The van der Waals surface area contributed by atoms with Crippen molar-refractivity contribution in [3.8, 4) is 0 Å². The highest BCUT2D eigenvalue weighted by molar-refractivity contribution is 7.99. The molecule has 2 atom stereocenters. The predicted molar refractivity (Wildman–Crippen MR) is 88.7 cm³/mol. The van der Waals surface area contributed by atoms with Crippen LogP contribution in [0.5, 0.6) is 0 Å². The maximum absolute atomic E-state index is 4.24. The van der Waals surface area contributed by atoms with Gasteiger partial charge in [0, 0.05) is 18.3 Å². The van der Waals surface area contributed by atoms with E-state index in [1.54, 1.807) is 11.8 Å². The van der Waals surface area contributed by atoms with Gasteiger partial charge in [0.2, 0.25) is 0 Å². The zero-order valence-corrected chi connectivity index (χ0v) is 14.2. The molecule has 1 heterocycles. The van der Waals surface area contributed by atoms with Crippen LogP contribution in [0.3, 0.4) is 0 Å². The topological polar surface area (TPSA) is 42.7 Å². The summed E-state index contributed by atoms with van der Waals surface area (Å²) in [6.45, 7) is 6.38. The first-order valence-electron chi connectivity index (χ1n) is 7.35. The molecule has 1 aromatic carbocycles. The monoisotopic (exact) mass is 304 g/mol. The molecule has 0 radical (unpaired) electrons. The van der Waals surface area contributed by atoms with E-state index < -0.39 is 0 Å². The van der Waals surface area contributed by atoms with E-state index in [-0.39, 0.29) is 6.04 Å². The molecule has 0 amide bonds. The minimum atomic E-state index is 0.290. The third-order valence-corrected chi connectivity index (χ3v) is 5.08. The lowest BCUT2D eigenvalue weighted by Crippen LogP contribution is -2.25. The number of hydrogen-bond donors (Lipinski definition) is 1. The van der Waals surface area contributed by atoms with E-state index in [0.717, 1.165) is 17.4 Å². The van der Waals surface area contributed by atoms with E-state index in [0.29, 0.717) is 5.25 Å². The number of benzene rings is 1. The number of nitrogens with zero attached hydrogens (tertiary/aromatic N) is 3. The molecular weight excluding hydrogens is 280 g/mol. The third-order valence-electron chi connectivity index (χ3n) is 3.87. The Morgan fingerprint density at radius 1 is 1.24 bits per heavy atom. The molecule has 0 saturated carbocycles. The van der Waals surface area contributed by atoms with Crippen LogP contribution in [0.2, 0.25) is 0 Å². The number of nitrogens with one attached hydrogen (secondary N) is 1. The number of aromatic nitrogens is 3. The lowest BCUT2D eigenvalue weighted by molar-refractivity contribution is 0.586. The van der Waals surface area contributed by atoms with Crippen molar-refractivity contribution in [1.82, 2.24) is 20.1 Å². The largest absolute Gasteiger partial charge is 0.312 e. The summed E-state index contributed by atoms with van der Waals surface area (Å²) in [5.41, 5.74) is 2.69. The first-order valence-corrected chi connectivity index (χ1v) is 8.23. The van der Waals surface area contributed by atoms with Gasteiger partial charge < -0.3 is 9.88 Å². The van der Waals surface area contributed by atoms with Gasteiger partial charge in [0.25, 0.3) is 0 Å². The Balaban J connectivity index is 2.13. The lowest BCUT2D eigenvalue weighted by Gasteiger charge is -2.23. The van der Waals surface area contributed by atoms with Gasteiger partial charge in [-0.05, 0) is 31.5 Å². The molecule has 0 aliphatic rings. The molecule has 2 aromatic rings. The predicted octanol–water partition coefficient (Wildman–Crippen LogP) is 3.13. The highest BCUT2D eigenvalue weighted by atomic mass is 32.2. The Kier molecular flexibility index (Phi) is 5.42. The van der Waals surface area contributed by atoms with Crippen LogP contribution >= 0.6 is 11.8 Å². The van der Waals surface area contributed by atoms with E-state index in [1.807, 2.05) is 25.6 Å². The number of hydrogen-bond acceptors (Lipinski definition) is 4. The Morgan fingerprint density at radius 2 is 1.90 bits per heavy atom. The smallest absolute Gasteiger partial charge is 0.191 e. The van der Waals surface area contributed by atoms with Crippen LogP contribution in [0.1, 0.15) is 36.8 Å². The zero-order chi connectivity index (χ0) is 15.4. The van der Waals surface area contributed by atoms with E-state index in [1.165, 1.54) is 11.1 Å². The summed E-state index contributed by atoms with van der Waals surface area (Å²) in [4.78, 5) is 0. The second-order valence-corrected chi connectivity index (χ2v) is 6.62. The summed E-state index contributed by atoms with van der Waals surface area (Å²) >= 11 is 1.76. The molecular formula is C16H24N4S. The Labute approximate surface area is 131 Å². The molecule has 0 spiro atoms. The van der Waals surface area contributed by atoms with Crippen molar-refractivity contribution in [2.24, 2.45) is 7.05 Å². The van der Waals surface area contributed by atoms with Crippen molar-refractivity contribution < 1.29 is 0 Å². The van der Waals surface area contributed by atoms with E-state index >= 15 is 0 Å². The van der Waals surface area contributed by atoms with Crippen LogP contribution in [0.4, 0.5) is 0 Å². The fourth-order valence-corrected chi connectivity index (χ4v) is 3.50. The summed E-state index contributed by atoms with van der Waals surface area (Å²) in [5.74, 6) is 0.943. The maximum atomic E-state index is 4.24. The molecule has 2 unspecified atom stereocenters. The van der Waals surface area contributed by atoms with Crippen molar-refractivity contribution in [2.45, 2.75) is 43.6 Å². The van der Waals surface area contributed by atoms with Crippen molar-refractivity contribution in [2.75, 3.05) is 7.05 Å². The van der Waals surface area contributed by atoms with Crippen LogP contribution in [-0.4, -0.2) is 27.1 Å². The molecule has 4 nitrogen and oxygen atoms in total. The molecule has 0 aliphatic carbocycles. The molecule has 2 rings (SSSR count). The van der Waals surface area contributed by atoms with Crippen molar-refractivity contribution in [1.29, 1.82) is 0 Å². The maximum Gasteiger partial charge on any atom is 0.191 e. The number of thioether (sulfide) groups is 1. The van der Waals surface area contributed by atoms with Gasteiger partial charge in [-0.2, -0.15) is 0 Å². The van der Waals surface area contributed by atoms with E-state index in [2.05, 4.69) is 53.6 Å². The van der Waals surface area contributed by atoms with Gasteiger partial charge in [-0.15, -0.1) is 10.2 Å². The van der Waals surface area contributed by atoms with Gasteiger partial charge in [0.05, 0.1) is 0 Å². The normalized spacial score (nSPS) is 14.1. The van der Waals surface area contributed by atoms with Crippen LogP contribution in [0.25, 0.3) is 0 Å². The standard InChI is InChI=1S/C16H24N4S/c1-6-13-7-9-14(10-8-13)15(17-4)11(2)21-16-19-18-12(3)20(16)5/h7-11,15,17H,6H2,1-5H3. The second kappa shape index (κ2) is 7.09. The molecule has 0 aliphatic heterocycles. The van der Waals surface area contributed by atoms with Gasteiger partial charge in [0.15, 0.2) is 5.16 Å². The Bertz CT molecular complexity index is 576. The molecule has 5 heteroatoms.